The molecular formula is C23H30O9. The number of hydrogen-bond acceptors (Lipinski definition) is 9. The van der Waals surface area contributed by atoms with Crippen molar-refractivity contribution in [1.82, 2.24) is 0 Å². The topological polar surface area (TPSA) is 107 Å². The highest BCUT2D eigenvalue weighted by Crippen LogP contribution is 2.33. The Balaban J connectivity index is 1.87. The third kappa shape index (κ3) is 6.75. The van der Waals surface area contributed by atoms with Crippen molar-refractivity contribution in [3.8, 4) is 0 Å². The highest BCUT2D eigenvalue weighted by atomic mass is 16.7. The SMILES string of the molecule is CC(=O)OC[C@H]1O[C@H](OC2CCC2)[C@@H](OCc2ccccc2)[C@@H](OC(C)=O)[C@@H]1OC(C)=O. The molecule has 0 bridgehead atoms. The number of esters is 3. The summed E-state index contributed by atoms with van der Waals surface area (Å²) in [5, 5.41) is 0. The molecule has 5 atom stereocenters. The average molecular weight is 450 g/mol. The Labute approximate surface area is 187 Å². The van der Waals surface area contributed by atoms with Gasteiger partial charge in [-0.1, -0.05) is 30.3 Å². The first-order chi connectivity index (χ1) is 15.3. The van der Waals surface area contributed by atoms with E-state index in [1.165, 1.54) is 20.8 Å². The smallest absolute Gasteiger partial charge is 0.303 e. The number of ether oxygens (including phenoxy) is 6. The minimum atomic E-state index is -1.04. The van der Waals surface area contributed by atoms with Crippen LogP contribution in [0, 0.1) is 0 Å². The minimum absolute atomic E-state index is 0.0135. The van der Waals surface area contributed by atoms with Crippen LogP contribution in [0.25, 0.3) is 0 Å². The third-order valence-corrected chi connectivity index (χ3v) is 5.31. The lowest BCUT2D eigenvalue weighted by molar-refractivity contribution is -0.328. The fourth-order valence-corrected chi connectivity index (χ4v) is 3.62. The van der Waals surface area contributed by atoms with Gasteiger partial charge in [-0.25, -0.2) is 0 Å². The first-order valence-electron chi connectivity index (χ1n) is 10.8. The molecule has 1 aromatic carbocycles. The number of rotatable bonds is 9. The lowest BCUT2D eigenvalue weighted by Gasteiger charge is -2.46. The van der Waals surface area contributed by atoms with E-state index in [1.54, 1.807) is 0 Å². The predicted molar refractivity (Wildman–Crippen MR) is 110 cm³/mol. The molecule has 2 fully saturated rings. The van der Waals surface area contributed by atoms with Crippen LogP contribution >= 0.6 is 0 Å². The summed E-state index contributed by atoms with van der Waals surface area (Å²) in [4.78, 5) is 35.2. The van der Waals surface area contributed by atoms with Crippen molar-refractivity contribution in [2.45, 2.75) is 83.5 Å². The fourth-order valence-electron chi connectivity index (χ4n) is 3.62. The minimum Gasteiger partial charge on any atom is -0.463 e. The molecule has 0 spiro atoms. The maximum absolute atomic E-state index is 11.9. The Morgan fingerprint density at radius 3 is 2.12 bits per heavy atom. The van der Waals surface area contributed by atoms with E-state index < -0.39 is 48.6 Å². The van der Waals surface area contributed by atoms with Gasteiger partial charge in [-0.05, 0) is 24.8 Å². The second-order valence-corrected chi connectivity index (χ2v) is 7.94. The van der Waals surface area contributed by atoms with Gasteiger partial charge in [0.1, 0.15) is 18.8 Å². The van der Waals surface area contributed by atoms with Crippen LogP contribution in [0.15, 0.2) is 30.3 Å². The molecule has 0 amide bonds. The van der Waals surface area contributed by atoms with E-state index >= 15 is 0 Å². The van der Waals surface area contributed by atoms with Gasteiger partial charge in [0.05, 0.1) is 12.7 Å². The van der Waals surface area contributed by atoms with Crippen LogP contribution in [0.2, 0.25) is 0 Å². The molecule has 0 radical (unpaired) electrons. The van der Waals surface area contributed by atoms with Crippen LogP contribution < -0.4 is 0 Å². The maximum atomic E-state index is 11.9. The molecule has 0 aromatic heterocycles. The van der Waals surface area contributed by atoms with Crippen molar-refractivity contribution in [3.63, 3.8) is 0 Å². The quantitative estimate of drug-likeness (QED) is 0.414. The normalized spacial score (nSPS) is 27.8. The summed E-state index contributed by atoms with van der Waals surface area (Å²) in [7, 11) is 0. The monoisotopic (exact) mass is 450 g/mol. The van der Waals surface area contributed by atoms with Gasteiger partial charge in [0.25, 0.3) is 0 Å². The highest BCUT2D eigenvalue weighted by molar-refractivity contribution is 5.67. The zero-order valence-corrected chi connectivity index (χ0v) is 18.6. The molecular weight excluding hydrogens is 420 g/mol. The lowest BCUT2D eigenvalue weighted by atomic mass is 9.94. The molecule has 1 saturated carbocycles. The highest BCUT2D eigenvalue weighted by Gasteiger charge is 2.52. The predicted octanol–water partition coefficient (Wildman–Crippen LogP) is 2.29. The van der Waals surface area contributed by atoms with Crippen LogP contribution in [0.3, 0.4) is 0 Å². The molecule has 1 aliphatic carbocycles. The van der Waals surface area contributed by atoms with Crippen LogP contribution in [0.4, 0.5) is 0 Å². The molecule has 1 heterocycles. The Morgan fingerprint density at radius 1 is 0.906 bits per heavy atom. The Morgan fingerprint density at radius 2 is 1.56 bits per heavy atom. The molecule has 9 nitrogen and oxygen atoms in total. The molecule has 3 rings (SSSR count). The lowest BCUT2D eigenvalue weighted by Crippen LogP contribution is -2.63. The first kappa shape index (κ1) is 24.2. The van der Waals surface area contributed by atoms with Gasteiger partial charge in [-0.2, -0.15) is 0 Å². The summed E-state index contributed by atoms with van der Waals surface area (Å²) in [6, 6.07) is 9.48. The van der Waals surface area contributed by atoms with Crippen molar-refractivity contribution in [2.24, 2.45) is 0 Å². The van der Waals surface area contributed by atoms with Crippen molar-refractivity contribution < 1.29 is 42.8 Å². The zero-order valence-electron chi connectivity index (χ0n) is 18.6. The van der Waals surface area contributed by atoms with Crippen molar-refractivity contribution in [3.05, 3.63) is 35.9 Å². The number of carbonyl (C=O) groups excluding carboxylic acids is 3. The van der Waals surface area contributed by atoms with Gasteiger partial charge >= 0.3 is 17.9 Å². The van der Waals surface area contributed by atoms with E-state index in [2.05, 4.69) is 0 Å². The van der Waals surface area contributed by atoms with Crippen LogP contribution in [0.5, 0.6) is 0 Å². The van der Waals surface area contributed by atoms with Gasteiger partial charge in [-0.3, -0.25) is 14.4 Å². The molecule has 0 N–H and O–H groups in total. The maximum Gasteiger partial charge on any atom is 0.303 e. The Bertz CT molecular complexity index is 777. The van der Waals surface area contributed by atoms with Gasteiger partial charge in [0.15, 0.2) is 18.5 Å². The standard InChI is InChI=1S/C23H30O9/c1-14(24)27-13-19-20(29-15(2)25)21(30-16(3)26)22(23(32-19)31-18-10-7-11-18)28-12-17-8-5-4-6-9-17/h4-6,8-9,18-23H,7,10-13H2,1-3H3/t19-,20-,21+,22+,23+/m1/s1. The molecule has 32 heavy (non-hydrogen) atoms. The molecule has 1 aromatic rings. The molecule has 2 aliphatic rings. The molecule has 0 unspecified atom stereocenters. The summed E-state index contributed by atoms with van der Waals surface area (Å²) >= 11 is 0. The van der Waals surface area contributed by atoms with Crippen LogP contribution in [0.1, 0.15) is 45.6 Å². The van der Waals surface area contributed by atoms with Gasteiger partial charge < -0.3 is 28.4 Å². The van der Waals surface area contributed by atoms with E-state index in [4.69, 9.17) is 28.4 Å². The first-order valence-corrected chi connectivity index (χ1v) is 10.8. The molecule has 1 saturated heterocycles. The van der Waals surface area contributed by atoms with Gasteiger partial charge in [0, 0.05) is 20.8 Å². The second-order valence-electron chi connectivity index (χ2n) is 7.94. The average Bonchev–Trinajstić information content (AvgIpc) is 2.70. The summed E-state index contributed by atoms with van der Waals surface area (Å²) < 4.78 is 34.4. The summed E-state index contributed by atoms with van der Waals surface area (Å²) in [6.07, 6.45) is -1.92. The van der Waals surface area contributed by atoms with E-state index in [0.717, 1.165) is 24.8 Å². The van der Waals surface area contributed by atoms with Crippen LogP contribution in [-0.2, 0) is 49.4 Å². The molecule has 176 valence electrons. The number of benzene rings is 1. The second kappa shape index (κ2) is 11.4. The number of hydrogen-bond donors (Lipinski definition) is 0. The Hall–Kier alpha value is -2.49. The summed E-state index contributed by atoms with van der Waals surface area (Å²) in [6.45, 7) is 3.78. The van der Waals surface area contributed by atoms with E-state index in [-0.39, 0.29) is 19.3 Å². The largest absolute Gasteiger partial charge is 0.463 e. The Kier molecular flexibility index (Phi) is 8.60. The zero-order chi connectivity index (χ0) is 23.1. The van der Waals surface area contributed by atoms with Crippen molar-refractivity contribution >= 4 is 17.9 Å². The summed E-state index contributed by atoms with van der Waals surface area (Å²) in [5.41, 5.74) is 0.905. The van der Waals surface area contributed by atoms with E-state index in [9.17, 15) is 14.4 Å². The van der Waals surface area contributed by atoms with Crippen molar-refractivity contribution in [2.75, 3.05) is 6.61 Å². The van der Waals surface area contributed by atoms with E-state index in [1.807, 2.05) is 30.3 Å². The van der Waals surface area contributed by atoms with E-state index in [0.29, 0.717) is 0 Å². The number of carbonyl (C=O) groups is 3. The molecule has 9 heteroatoms. The van der Waals surface area contributed by atoms with Crippen LogP contribution in [-0.4, -0.2) is 61.3 Å². The van der Waals surface area contributed by atoms with Crippen molar-refractivity contribution in [1.29, 1.82) is 0 Å². The molecule has 1 aliphatic heterocycles. The van der Waals surface area contributed by atoms with Gasteiger partial charge in [0.2, 0.25) is 0 Å². The fraction of sp³-hybridized carbons (Fsp3) is 0.609. The summed E-state index contributed by atoms with van der Waals surface area (Å²) in [5.74, 6) is -1.68. The van der Waals surface area contributed by atoms with Gasteiger partial charge in [-0.15, -0.1) is 0 Å². The third-order valence-electron chi connectivity index (χ3n) is 5.31.